The number of rotatable bonds is 8. The van der Waals surface area contributed by atoms with Crippen LogP contribution in [0.25, 0.3) is 0 Å². The first-order chi connectivity index (χ1) is 14.5. The van der Waals surface area contributed by atoms with Gasteiger partial charge in [0.15, 0.2) is 0 Å². The third-order valence-corrected chi connectivity index (χ3v) is 5.38. The van der Waals surface area contributed by atoms with Gasteiger partial charge in [0, 0.05) is 49.8 Å². The number of hydrogen-bond donors (Lipinski definition) is 0. The highest BCUT2D eigenvalue weighted by Gasteiger charge is 2.20. The summed E-state index contributed by atoms with van der Waals surface area (Å²) in [6.45, 7) is 1.55. The van der Waals surface area contributed by atoms with Gasteiger partial charge in [0.1, 0.15) is 0 Å². The number of aliphatic imine (C=N–C) groups is 2. The standard InChI is InChI=1S/C22H24N4O4/c27-25(28)21-9-5-19(6-10-21)15-23-13-17-1-2-18(4-3-17)14-24-16-20-7-11-22(12-8-20)26(29)30/h5-12,15-18H,1-4,13-14H2. The van der Waals surface area contributed by atoms with E-state index in [4.69, 9.17) is 0 Å². The van der Waals surface area contributed by atoms with Gasteiger partial charge in [-0.15, -0.1) is 0 Å². The van der Waals surface area contributed by atoms with E-state index in [9.17, 15) is 20.2 Å². The third kappa shape index (κ3) is 6.30. The van der Waals surface area contributed by atoms with Crippen LogP contribution in [-0.4, -0.2) is 35.4 Å². The maximum atomic E-state index is 10.7. The molecule has 8 heteroatoms. The zero-order valence-corrected chi connectivity index (χ0v) is 16.6. The van der Waals surface area contributed by atoms with E-state index in [-0.39, 0.29) is 11.4 Å². The molecule has 3 rings (SSSR count). The summed E-state index contributed by atoms with van der Waals surface area (Å²) in [4.78, 5) is 29.6. The van der Waals surface area contributed by atoms with Crippen LogP contribution in [0.15, 0.2) is 58.5 Å². The summed E-state index contributed by atoms with van der Waals surface area (Å²) in [7, 11) is 0. The van der Waals surface area contributed by atoms with Crippen LogP contribution in [0, 0.1) is 32.1 Å². The smallest absolute Gasteiger partial charge is 0.269 e. The summed E-state index contributed by atoms with van der Waals surface area (Å²) in [5, 5.41) is 21.3. The van der Waals surface area contributed by atoms with Crippen LogP contribution in [0.2, 0.25) is 0 Å². The Morgan fingerprint density at radius 3 is 1.33 bits per heavy atom. The molecule has 0 heterocycles. The number of nitro groups is 2. The molecule has 0 saturated heterocycles. The maximum Gasteiger partial charge on any atom is 0.269 e. The Labute approximate surface area is 174 Å². The molecule has 1 fully saturated rings. The number of nitrogens with zero attached hydrogens (tertiary/aromatic N) is 4. The molecule has 0 spiro atoms. The lowest BCUT2D eigenvalue weighted by Gasteiger charge is -2.26. The summed E-state index contributed by atoms with van der Waals surface area (Å²) in [5.41, 5.74) is 1.91. The summed E-state index contributed by atoms with van der Waals surface area (Å²) < 4.78 is 0. The second kappa shape index (κ2) is 10.4. The molecule has 2 aromatic carbocycles. The molecule has 2 aromatic rings. The lowest BCUT2D eigenvalue weighted by molar-refractivity contribution is -0.385. The van der Waals surface area contributed by atoms with Gasteiger partial charge < -0.3 is 0 Å². The molecule has 0 N–H and O–H groups in total. The molecule has 0 aromatic heterocycles. The van der Waals surface area contributed by atoms with Gasteiger partial charge in [0.2, 0.25) is 0 Å². The Morgan fingerprint density at radius 2 is 1.03 bits per heavy atom. The van der Waals surface area contributed by atoms with Crippen LogP contribution in [0.4, 0.5) is 11.4 Å². The first-order valence-electron chi connectivity index (χ1n) is 10.00. The van der Waals surface area contributed by atoms with Crippen LogP contribution in [0.5, 0.6) is 0 Å². The normalized spacial score (nSPS) is 19.3. The van der Waals surface area contributed by atoms with Crippen LogP contribution in [0.3, 0.4) is 0 Å². The van der Waals surface area contributed by atoms with Gasteiger partial charge in [-0.05, 0) is 72.9 Å². The molecule has 1 aliphatic carbocycles. The van der Waals surface area contributed by atoms with Crippen molar-refractivity contribution in [2.24, 2.45) is 21.8 Å². The lowest BCUT2D eigenvalue weighted by Crippen LogP contribution is -2.18. The third-order valence-electron chi connectivity index (χ3n) is 5.38. The Bertz CT molecular complexity index is 838. The van der Waals surface area contributed by atoms with E-state index in [1.807, 2.05) is 0 Å². The summed E-state index contributed by atoms with van der Waals surface area (Å²) in [5.74, 6) is 1.13. The average Bonchev–Trinajstić information content (AvgIpc) is 2.75. The maximum absolute atomic E-state index is 10.7. The van der Waals surface area contributed by atoms with Crippen LogP contribution < -0.4 is 0 Å². The molecule has 0 atom stereocenters. The van der Waals surface area contributed by atoms with Gasteiger partial charge in [-0.25, -0.2) is 0 Å². The van der Waals surface area contributed by atoms with Crippen molar-refractivity contribution < 1.29 is 9.85 Å². The van der Waals surface area contributed by atoms with Crippen molar-refractivity contribution >= 4 is 23.8 Å². The number of hydrogen-bond acceptors (Lipinski definition) is 6. The second-order valence-electron chi connectivity index (χ2n) is 7.57. The zero-order valence-electron chi connectivity index (χ0n) is 16.6. The lowest BCUT2D eigenvalue weighted by atomic mass is 9.82. The van der Waals surface area contributed by atoms with Crippen molar-refractivity contribution in [1.29, 1.82) is 0 Å². The highest BCUT2D eigenvalue weighted by atomic mass is 16.6. The van der Waals surface area contributed by atoms with Crippen molar-refractivity contribution in [2.45, 2.75) is 25.7 Å². The predicted octanol–water partition coefficient (Wildman–Crippen LogP) is 4.85. The number of non-ortho nitro benzene ring substituents is 2. The van der Waals surface area contributed by atoms with Gasteiger partial charge in [0.05, 0.1) is 9.85 Å². The fraction of sp³-hybridized carbons (Fsp3) is 0.364. The molecule has 1 aliphatic rings. The quantitative estimate of drug-likeness (QED) is 0.353. The van der Waals surface area contributed by atoms with Crippen molar-refractivity contribution in [3.05, 3.63) is 79.9 Å². The minimum Gasteiger partial charge on any atom is -0.292 e. The van der Waals surface area contributed by atoms with Gasteiger partial charge >= 0.3 is 0 Å². The molecule has 156 valence electrons. The molecule has 0 amide bonds. The molecule has 0 unspecified atom stereocenters. The number of nitro benzene ring substituents is 2. The van der Waals surface area contributed by atoms with Crippen LogP contribution in [-0.2, 0) is 0 Å². The van der Waals surface area contributed by atoms with Crippen molar-refractivity contribution in [3.8, 4) is 0 Å². The van der Waals surface area contributed by atoms with E-state index in [1.165, 1.54) is 24.3 Å². The minimum atomic E-state index is -0.407. The second-order valence-corrected chi connectivity index (χ2v) is 7.57. The molecular weight excluding hydrogens is 384 g/mol. The van der Waals surface area contributed by atoms with Gasteiger partial charge in [-0.3, -0.25) is 30.2 Å². The first kappa shape index (κ1) is 21.3. The summed E-state index contributed by atoms with van der Waals surface area (Å²) in [6, 6.07) is 12.8. The monoisotopic (exact) mass is 408 g/mol. The van der Waals surface area contributed by atoms with Crippen LogP contribution in [0.1, 0.15) is 36.8 Å². The minimum absolute atomic E-state index is 0.0849. The van der Waals surface area contributed by atoms with E-state index in [0.29, 0.717) is 11.8 Å². The Hall–Kier alpha value is -3.42. The van der Waals surface area contributed by atoms with Gasteiger partial charge in [-0.2, -0.15) is 0 Å². The van der Waals surface area contributed by atoms with Crippen LogP contribution >= 0.6 is 0 Å². The molecule has 0 radical (unpaired) electrons. The van der Waals surface area contributed by atoms with Crippen molar-refractivity contribution in [2.75, 3.05) is 13.1 Å². The topological polar surface area (TPSA) is 111 Å². The molecule has 8 nitrogen and oxygen atoms in total. The SMILES string of the molecule is O=[N+]([O-])c1ccc(C=NCC2CCC(CN=Cc3ccc([N+](=O)[O-])cc3)CC2)cc1. The van der Waals surface area contributed by atoms with Gasteiger partial charge in [0.25, 0.3) is 11.4 Å². The summed E-state index contributed by atoms with van der Waals surface area (Å²) in [6.07, 6.45) is 8.05. The highest BCUT2D eigenvalue weighted by Crippen LogP contribution is 2.29. The fourth-order valence-corrected chi connectivity index (χ4v) is 3.58. The van der Waals surface area contributed by atoms with E-state index in [1.54, 1.807) is 36.7 Å². The molecule has 0 aliphatic heterocycles. The van der Waals surface area contributed by atoms with Crippen molar-refractivity contribution in [1.82, 2.24) is 0 Å². The first-order valence-corrected chi connectivity index (χ1v) is 10.00. The Morgan fingerprint density at radius 1 is 0.700 bits per heavy atom. The predicted molar refractivity (Wildman–Crippen MR) is 117 cm³/mol. The van der Waals surface area contributed by atoms with E-state index in [2.05, 4.69) is 9.98 Å². The van der Waals surface area contributed by atoms with Gasteiger partial charge in [-0.1, -0.05) is 0 Å². The largest absolute Gasteiger partial charge is 0.292 e. The summed E-state index contributed by atoms with van der Waals surface area (Å²) >= 11 is 0. The molecule has 1 saturated carbocycles. The number of benzene rings is 2. The highest BCUT2D eigenvalue weighted by molar-refractivity contribution is 5.80. The van der Waals surface area contributed by atoms with E-state index >= 15 is 0 Å². The fourth-order valence-electron chi connectivity index (χ4n) is 3.58. The van der Waals surface area contributed by atoms with E-state index < -0.39 is 9.85 Å². The molecule has 30 heavy (non-hydrogen) atoms. The molecule has 0 bridgehead atoms. The molecular formula is C22H24N4O4. The van der Waals surface area contributed by atoms with E-state index in [0.717, 1.165) is 49.9 Å². The Kier molecular flexibility index (Phi) is 7.37. The zero-order chi connectivity index (χ0) is 21.3. The Balaban J connectivity index is 1.38. The van der Waals surface area contributed by atoms with Crippen molar-refractivity contribution in [3.63, 3.8) is 0 Å². The average molecular weight is 408 g/mol.